The fourth-order valence-electron chi connectivity index (χ4n) is 0.983. The second-order valence-electron chi connectivity index (χ2n) is 2.59. The third kappa shape index (κ3) is 3.14. The molecule has 14 heavy (non-hydrogen) atoms. The van der Waals surface area contributed by atoms with E-state index in [4.69, 9.17) is 27.9 Å². The standard InChI is InChI=1S/C11H10Cl2O/c1-14-11-6-5-10(13)8-9(11)4-2-3-7-12/h5-6,8H,3,7H2,1H3. The van der Waals surface area contributed by atoms with Crippen LogP contribution < -0.4 is 4.74 Å². The molecule has 1 nitrogen and oxygen atoms in total. The monoisotopic (exact) mass is 228 g/mol. The van der Waals surface area contributed by atoms with Crippen LogP contribution in [-0.4, -0.2) is 13.0 Å². The number of benzene rings is 1. The van der Waals surface area contributed by atoms with Crippen LogP contribution in [0.4, 0.5) is 0 Å². The number of rotatable bonds is 2. The van der Waals surface area contributed by atoms with Crippen LogP contribution in [0.1, 0.15) is 12.0 Å². The molecule has 0 aliphatic rings. The number of alkyl halides is 1. The predicted molar refractivity (Wildman–Crippen MR) is 60.2 cm³/mol. The summed E-state index contributed by atoms with van der Waals surface area (Å²) >= 11 is 11.4. The van der Waals surface area contributed by atoms with Crippen LogP contribution in [0, 0.1) is 11.8 Å². The summed E-state index contributed by atoms with van der Waals surface area (Å²) in [6.45, 7) is 0. The summed E-state index contributed by atoms with van der Waals surface area (Å²) in [6, 6.07) is 5.35. The highest BCUT2D eigenvalue weighted by Crippen LogP contribution is 2.21. The molecule has 1 aromatic carbocycles. The molecule has 0 spiro atoms. The van der Waals surface area contributed by atoms with Gasteiger partial charge in [-0.3, -0.25) is 0 Å². The average molecular weight is 229 g/mol. The molecule has 74 valence electrons. The van der Waals surface area contributed by atoms with Gasteiger partial charge in [-0.2, -0.15) is 0 Å². The maximum Gasteiger partial charge on any atom is 0.134 e. The van der Waals surface area contributed by atoms with Gasteiger partial charge in [0.15, 0.2) is 0 Å². The highest BCUT2D eigenvalue weighted by molar-refractivity contribution is 6.30. The van der Waals surface area contributed by atoms with E-state index in [-0.39, 0.29) is 0 Å². The van der Waals surface area contributed by atoms with Crippen molar-refractivity contribution in [1.82, 2.24) is 0 Å². The molecule has 0 N–H and O–H groups in total. The van der Waals surface area contributed by atoms with Crippen molar-refractivity contribution in [2.24, 2.45) is 0 Å². The van der Waals surface area contributed by atoms with Gasteiger partial charge in [-0.25, -0.2) is 0 Å². The predicted octanol–water partition coefficient (Wildman–Crippen LogP) is 3.33. The summed E-state index contributed by atoms with van der Waals surface area (Å²) in [6.07, 6.45) is 0.664. The molecule has 3 heteroatoms. The van der Waals surface area contributed by atoms with Crippen molar-refractivity contribution in [2.75, 3.05) is 13.0 Å². The van der Waals surface area contributed by atoms with Gasteiger partial charge in [-0.05, 0) is 18.2 Å². The minimum atomic E-state index is 0.538. The van der Waals surface area contributed by atoms with Crippen LogP contribution in [0.25, 0.3) is 0 Å². The molecule has 0 heterocycles. The smallest absolute Gasteiger partial charge is 0.134 e. The van der Waals surface area contributed by atoms with Gasteiger partial charge in [0.2, 0.25) is 0 Å². The lowest BCUT2D eigenvalue weighted by atomic mass is 10.2. The van der Waals surface area contributed by atoms with Crippen LogP contribution in [0.5, 0.6) is 5.75 Å². The van der Waals surface area contributed by atoms with E-state index in [1.165, 1.54) is 0 Å². The van der Waals surface area contributed by atoms with Gasteiger partial charge in [-0.1, -0.05) is 23.4 Å². The lowest BCUT2D eigenvalue weighted by Gasteiger charge is -2.02. The van der Waals surface area contributed by atoms with E-state index < -0.39 is 0 Å². The lowest BCUT2D eigenvalue weighted by Crippen LogP contribution is -1.87. The van der Waals surface area contributed by atoms with Gasteiger partial charge in [-0.15, -0.1) is 11.6 Å². The molecule has 0 aliphatic heterocycles. The van der Waals surface area contributed by atoms with Crippen molar-refractivity contribution >= 4 is 23.2 Å². The molecule has 1 aromatic rings. The zero-order valence-electron chi connectivity index (χ0n) is 7.81. The van der Waals surface area contributed by atoms with Crippen molar-refractivity contribution in [3.8, 4) is 17.6 Å². The average Bonchev–Trinajstić information content (AvgIpc) is 2.19. The molecular formula is C11H10Cl2O. The summed E-state index contributed by atoms with van der Waals surface area (Å²) in [5.74, 6) is 7.17. The molecule has 0 saturated carbocycles. The normalized spacial score (nSPS) is 9.07. The first-order chi connectivity index (χ1) is 6.77. The van der Waals surface area contributed by atoms with Gasteiger partial charge in [0.25, 0.3) is 0 Å². The van der Waals surface area contributed by atoms with E-state index in [0.29, 0.717) is 17.3 Å². The van der Waals surface area contributed by atoms with E-state index in [1.807, 2.05) is 0 Å². The Balaban J connectivity index is 2.94. The quantitative estimate of drug-likeness (QED) is 0.558. The van der Waals surface area contributed by atoms with Crippen molar-refractivity contribution in [1.29, 1.82) is 0 Å². The van der Waals surface area contributed by atoms with Crippen molar-refractivity contribution in [3.63, 3.8) is 0 Å². The zero-order valence-corrected chi connectivity index (χ0v) is 9.32. The van der Waals surface area contributed by atoms with Crippen LogP contribution in [0.15, 0.2) is 18.2 Å². The Bertz CT molecular complexity index is 363. The topological polar surface area (TPSA) is 9.23 Å². The van der Waals surface area contributed by atoms with E-state index in [2.05, 4.69) is 11.8 Å². The Morgan fingerprint density at radius 3 is 2.86 bits per heavy atom. The maximum absolute atomic E-state index is 5.84. The molecule has 0 radical (unpaired) electrons. The van der Waals surface area contributed by atoms with Crippen LogP contribution >= 0.6 is 23.2 Å². The molecule has 1 rings (SSSR count). The van der Waals surface area contributed by atoms with Crippen LogP contribution in [-0.2, 0) is 0 Å². The Labute approximate surface area is 94.0 Å². The molecule has 0 amide bonds. The summed E-state index contributed by atoms with van der Waals surface area (Å²) < 4.78 is 5.14. The maximum atomic E-state index is 5.84. The van der Waals surface area contributed by atoms with Crippen molar-refractivity contribution in [2.45, 2.75) is 6.42 Å². The lowest BCUT2D eigenvalue weighted by molar-refractivity contribution is 0.413. The fourth-order valence-corrected chi connectivity index (χ4v) is 1.25. The number of halogens is 2. The Morgan fingerprint density at radius 1 is 1.43 bits per heavy atom. The highest BCUT2D eigenvalue weighted by Gasteiger charge is 1.99. The summed E-state index contributed by atoms with van der Waals surface area (Å²) in [4.78, 5) is 0. The number of hydrogen-bond donors (Lipinski definition) is 0. The Hall–Kier alpha value is -0.840. The molecule has 0 fully saturated rings. The number of hydrogen-bond acceptors (Lipinski definition) is 1. The van der Waals surface area contributed by atoms with Crippen LogP contribution in [0.3, 0.4) is 0 Å². The molecule has 0 aromatic heterocycles. The first kappa shape index (κ1) is 11.2. The molecule has 0 bridgehead atoms. The molecule has 0 atom stereocenters. The molecule has 0 saturated heterocycles. The fraction of sp³-hybridized carbons (Fsp3) is 0.273. The summed E-state index contributed by atoms with van der Waals surface area (Å²) in [7, 11) is 1.61. The van der Waals surface area contributed by atoms with Gasteiger partial charge in [0.05, 0.1) is 12.7 Å². The molecule has 0 unspecified atom stereocenters. The molecular weight excluding hydrogens is 219 g/mol. The SMILES string of the molecule is COc1ccc(Cl)cc1C#CCCCl. The highest BCUT2D eigenvalue weighted by atomic mass is 35.5. The third-order valence-corrected chi connectivity index (χ3v) is 2.03. The Morgan fingerprint density at radius 2 is 2.21 bits per heavy atom. The minimum Gasteiger partial charge on any atom is -0.495 e. The van der Waals surface area contributed by atoms with E-state index in [0.717, 1.165) is 11.3 Å². The minimum absolute atomic E-state index is 0.538. The largest absolute Gasteiger partial charge is 0.495 e. The van der Waals surface area contributed by atoms with E-state index in [9.17, 15) is 0 Å². The Kier molecular flexibility index (Phi) is 4.65. The van der Waals surface area contributed by atoms with E-state index in [1.54, 1.807) is 25.3 Å². The van der Waals surface area contributed by atoms with Gasteiger partial charge in [0, 0.05) is 17.3 Å². The number of ether oxygens (including phenoxy) is 1. The van der Waals surface area contributed by atoms with Gasteiger partial charge >= 0.3 is 0 Å². The first-order valence-corrected chi connectivity index (χ1v) is 5.07. The van der Waals surface area contributed by atoms with Gasteiger partial charge in [0.1, 0.15) is 5.75 Å². The number of methoxy groups -OCH3 is 1. The molecule has 0 aliphatic carbocycles. The van der Waals surface area contributed by atoms with Crippen molar-refractivity contribution in [3.05, 3.63) is 28.8 Å². The zero-order chi connectivity index (χ0) is 10.4. The van der Waals surface area contributed by atoms with E-state index >= 15 is 0 Å². The van der Waals surface area contributed by atoms with Crippen molar-refractivity contribution < 1.29 is 4.74 Å². The third-order valence-electron chi connectivity index (χ3n) is 1.60. The summed E-state index contributed by atoms with van der Waals surface area (Å²) in [5, 5.41) is 0.654. The first-order valence-electron chi connectivity index (χ1n) is 4.16. The second kappa shape index (κ2) is 5.80. The summed E-state index contributed by atoms with van der Waals surface area (Å²) in [5.41, 5.74) is 0.796. The van der Waals surface area contributed by atoms with Gasteiger partial charge < -0.3 is 4.74 Å². The van der Waals surface area contributed by atoms with Crippen LogP contribution in [0.2, 0.25) is 5.02 Å². The second-order valence-corrected chi connectivity index (χ2v) is 3.40.